The Hall–Kier alpha value is -1.22. The van der Waals surface area contributed by atoms with Gasteiger partial charge in [-0.1, -0.05) is 25.4 Å². The molecule has 0 radical (unpaired) electrons. The van der Waals surface area contributed by atoms with Crippen LogP contribution in [0.4, 0.5) is 0 Å². The second-order valence-electron chi connectivity index (χ2n) is 4.46. The number of halogens is 1. The number of rotatable bonds is 4. The molecule has 0 spiro atoms. The summed E-state index contributed by atoms with van der Waals surface area (Å²) >= 11 is 6.17. The van der Waals surface area contributed by atoms with Crippen molar-refractivity contribution < 1.29 is 4.74 Å². The lowest BCUT2D eigenvalue weighted by molar-refractivity contribution is 0.341. The maximum absolute atomic E-state index is 6.17. The highest BCUT2D eigenvalue weighted by atomic mass is 35.5. The maximum Gasteiger partial charge on any atom is 0.145 e. The number of ether oxygens (including phenoxy) is 1. The Bertz CT molecular complexity index is 519. The first-order chi connectivity index (χ1) is 8.13. The molecule has 2 rings (SSSR count). The van der Waals surface area contributed by atoms with Crippen LogP contribution in [0.1, 0.15) is 20.8 Å². The van der Waals surface area contributed by atoms with Gasteiger partial charge in [0.1, 0.15) is 11.3 Å². The van der Waals surface area contributed by atoms with Gasteiger partial charge in [0, 0.05) is 11.9 Å². The topological polar surface area (TPSA) is 27.1 Å². The van der Waals surface area contributed by atoms with Gasteiger partial charge in [0.2, 0.25) is 0 Å². The summed E-state index contributed by atoms with van der Waals surface area (Å²) in [5, 5.41) is 6.07. The van der Waals surface area contributed by atoms with Gasteiger partial charge < -0.3 is 4.74 Å². The number of aromatic nitrogens is 2. The molecule has 0 aliphatic rings. The number of hydrogen-bond donors (Lipinski definition) is 0. The Morgan fingerprint density at radius 3 is 2.82 bits per heavy atom. The normalized spacial score (nSPS) is 11.4. The van der Waals surface area contributed by atoms with E-state index in [0.717, 1.165) is 28.2 Å². The van der Waals surface area contributed by atoms with Crippen LogP contribution in [-0.4, -0.2) is 16.4 Å². The monoisotopic (exact) mass is 252 g/mol. The van der Waals surface area contributed by atoms with Crippen molar-refractivity contribution in [1.29, 1.82) is 0 Å². The summed E-state index contributed by atoms with van der Waals surface area (Å²) in [4.78, 5) is 0. The van der Waals surface area contributed by atoms with E-state index in [-0.39, 0.29) is 0 Å². The van der Waals surface area contributed by atoms with E-state index in [9.17, 15) is 0 Å². The van der Waals surface area contributed by atoms with Crippen molar-refractivity contribution in [1.82, 2.24) is 9.78 Å². The molecule has 1 aromatic heterocycles. The summed E-state index contributed by atoms with van der Waals surface area (Å²) in [5.41, 5.74) is 0.994. The van der Waals surface area contributed by atoms with Crippen molar-refractivity contribution in [2.45, 2.75) is 27.3 Å². The van der Waals surface area contributed by atoms with E-state index >= 15 is 0 Å². The molecule has 0 atom stereocenters. The predicted octanol–water partition coefficient (Wildman–Crippen LogP) is 3.74. The van der Waals surface area contributed by atoms with Gasteiger partial charge in [0.15, 0.2) is 0 Å². The van der Waals surface area contributed by atoms with Crippen LogP contribution in [0.3, 0.4) is 0 Å². The standard InChI is InChI=1S/C13H17ClN2O/c1-4-17-12-6-5-11(14)10-7-15-16(13(10)12)8-9(2)3/h5-7,9H,4,8H2,1-3H3. The Labute approximate surface area is 106 Å². The van der Waals surface area contributed by atoms with Crippen molar-refractivity contribution in [2.24, 2.45) is 5.92 Å². The first kappa shape index (κ1) is 12.2. The van der Waals surface area contributed by atoms with Crippen molar-refractivity contribution >= 4 is 22.5 Å². The summed E-state index contributed by atoms with van der Waals surface area (Å²) in [6, 6.07) is 3.77. The van der Waals surface area contributed by atoms with Crippen LogP contribution in [-0.2, 0) is 6.54 Å². The summed E-state index contributed by atoms with van der Waals surface area (Å²) in [7, 11) is 0. The minimum atomic E-state index is 0.534. The molecule has 0 saturated heterocycles. The number of nitrogens with zero attached hydrogens (tertiary/aromatic N) is 2. The molecule has 0 amide bonds. The van der Waals surface area contributed by atoms with E-state index in [4.69, 9.17) is 16.3 Å². The highest BCUT2D eigenvalue weighted by Crippen LogP contribution is 2.31. The van der Waals surface area contributed by atoms with Gasteiger partial charge in [-0.25, -0.2) is 0 Å². The Balaban J connectivity index is 2.57. The van der Waals surface area contributed by atoms with Crippen molar-refractivity contribution in [3.05, 3.63) is 23.4 Å². The van der Waals surface area contributed by atoms with Crippen LogP contribution in [0.2, 0.25) is 5.02 Å². The highest BCUT2D eigenvalue weighted by Gasteiger charge is 2.12. The lowest BCUT2D eigenvalue weighted by Crippen LogP contribution is -2.06. The third-order valence-electron chi connectivity index (χ3n) is 2.55. The maximum atomic E-state index is 6.17. The van der Waals surface area contributed by atoms with E-state index in [1.54, 1.807) is 0 Å². The number of hydrogen-bond acceptors (Lipinski definition) is 2. The van der Waals surface area contributed by atoms with Crippen LogP contribution >= 0.6 is 11.6 Å². The van der Waals surface area contributed by atoms with Gasteiger partial charge >= 0.3 is 0 Å². The fourth-order valence-electron chi connectivity index (χ4n) is 1.89. The molecule has 1 heterocycles. The molecule has 0 N–H and O–H groups in total. The second kappa shape index (κ2) is 4.96. The molecular weight excluding hydrogens is 236 g/mol. The molecule has 2 aromatic rings. The molecule has 4 heteroatoms. The average molecular weight is 253 g/mol. The molecule has 0 bridgehead atoms. The molecular formula is C13H17ClN2O. The summed E-state index contributed by atoms with van der Waals surface area (Å²) in [6.45, 7) is 7.81. The highest BCUT2D eigenvalue weighted by molar-refractivity contribution is 6.35. The summed E-state index contributed by atoms with van der Waals surface area (Å²) < 4.78 is 7.60. The summed E-state index contributed by atoms with van der Waals surface area (Å²) in [5.74, 6) is 1.39. The minimum absolute atomic E-state index is 0.534. The van der Waals surface area contributed by atoms with E-state index in [1.807, 2.05) is 29.9 Å². The zero-order chi connectivity index (χ0) is 12.4. The molecule has 0 aliphatic heterocycles. The third kappa shape index (κ3) is 2.39. The van der Waals surface area contributed by atoms with Gasteiger partial charge in [-0.2, -0.15) is 5.10 Å². The third-order valence-corrected chi connectivity index (χ3v) is 2.88. The second-order valence-corrected chi connectivity index (χ2v) is 4.87. The molecule has 0 aliphatic carbocycles. The van der Waals surface area contributed by atoms with Crippen molar-refractivity contribution in [3.63, 3.8) is 0 Å². The van der Waals surface area contributed by atoms with Crippen molar-refractivity contribution in [3.8, 4) is 5.75 Å². The largest absolute Gasteiger partial charge is 0.492 e. The fraction of sp³-hybridized carbons (Fsp3) is 0.462. The van der Waals surface area contributed by atoms with Crippen LogP contribution < -0.4 is 4.74 Å². The first-order valence-electron chi connectivity index (χ1n) is 5.90. The minimum Gasteiger partial charge on any atom is -0.492 e. The van der Waals surface area contributed by atoms with E-state index in [2.05, 4.69) is 18.9 Å². The zero-order valence-electron chi connectivity index (χ0n) is 10.4. The molecule has 17 heavy (non-hydrogen) atoms. The molecule has 0 fully saturated rings. The number of benzene rings is 1. The SMILES string of the molecule is CCOc1ccc(Cl)c2cnn(CC(C)C)c12. The van der Waals surface area contributed by atoms with Gasteiger partial charge in [-0.15, -0.1) is 0 Å². The van der Waals surface area contributed by atoms with E-state index < -0.39 is 0 Å². The molecule has 0 saturated carbocycles. The smallest absolute Gasteiger partial charge is 0.145 e. The van der Waals surface area contributed by atoms with E-state index in [0.29, 0.717) is 12.5 Å². The van der Waals surface area contributed by atoms with E-state index in [1.165, 1.54) is 0 Å². The Morgan fingerprint density at radius 2 is 2.18 bits per heavy atom. The fourth-order valence-corrected chi connectivity index (χ4v) is 2.10. The number of fused-ring (bicyclic) bond motifs is 1. The Morgan fingerprint density at radius 1 is 1.41 bits per heavy atom. The van der Waals surface area contributed by atoms with Crippen LogP contribution in [0, 0.1) is 5.92 Å². The van der Waals surface area contributed by atoms with Gasteiger partial charge in [-0.3, -0.25) is 4.68 Å². The van der Waals surface area contributed by atoms with Crippen LogP contribution in [0.15, 0.2) is 18.3 Å². The van der Waals surface area contributed by atoms with Gasteiger partial charge in [0.05, 0.1) is 17.8 Å². The quantitative estimate of drug-likeness (QED) is 0.829. The van der Waals surface area contributed by atoms with Gasteiger partial charge in [0.25, 0.3) is 0 Å². The Kier molecular flexibility index (Phi) is 3.57. The van der Waals surface area contributed by atoms with Gasteiger partial charge in [-0.05, 0) is 25.0 Å². The molecule has 0 unspecified atom stereocenters. The lowest BCUT2D eigenvalue weighted by atomic mass is 10.2. The lowest BCUT2D eigenvalue weighted by Gasteiger charge is -2.11. The predicted molar refractivity (Wildman–Crippen MR) is 70.8 cm³/mol. The zero-order valence-corrected chi connectivity index (χ0v) is 11.2. The van der Waals surface area contributed by atoms with Crippen molar-refractivity contribution in [2.75, 3.05) is 6.61 Å². The molecule has 3 nitrogen and oxygen atoms in total. The molecule has 1 aromatic carbocycles. The van der Waals surface area contributed by atoms with Crippen LogP contribution in [0.5, 0.6) is 5.75 Å². The molecule has 92 valence electrons. The van der Waals surface area contributed by atoms with Crippen LogP contribution in [0.25, 0.3) is 10.9 Å². The first-order valence-corrected chi connectivity index (χ1v) is 6.28. The average Bonchev–Trinajstić information content (AvgIpc) is 2.67. The summed E-state index contributed by atoms with van der Waals surface area (Å²) in [6.07, 6.45) is 1.81.